The van der Waals surface area contributed by atoms with Crippen LogP contribution in [0.25, 0.3) is 0 Å². The van der Waals surface area contributed by atoms with E-state index in [0.717, 1.165) is 42.0 Å². The number of rotatable bonds is 7. The number of nitrogens with zero attached hydrogens (tertiary/aromatic N) is 2. The highest BCUT2D eigenvalue weighted by Crippen LogP contribution is 2.32. The van der Waals surface area contributed by atoms with Gasteiger partial charge in [-0.05, 0) is 69.9 Å². The van der Waals surface area contributed by atoms with Crippen LogP contribution >= 0.6 is 0 Å². The number of anilines is 2. The van der Waals surface area contributed by atoms with E-state index >= 15 is 0 Å². The van der Waals surface area contributed by atoms with Crippen molar-refractivity contribution in [3.8, 4) is 0 Å². The van der Waals surface area contributed by atoms with E-state index in [1.807, 2.05) is 56.3 Å². The largest absolute Gasteiger partial charge is 0.445 e. The smallest absolute Gasteiger partial charge is 0.410 e. The summed E-state index contributed by atoms with van der Waals surface area (Å²) in [6.45, 7) is 10.6. The van der Waals surface area contributed by atoms with Crippen LogP contribution in [0.15, 0.2) is 48.5 Å². The number of benzene rings is 2. The molecule has 2 aromatic carbocycles. The number of carbonyl (C=O) groups is 2. The first-order valence-corrected chi connectivity index (χ1v) is 11.0. The first-order chi connectivity index (χ1) is 14.9. The molecule has 0 spiro atoms. The van der Waals surface area contributed by atoms with E-state index in [4.69, 9.17) is 4.74 Å². The molecule has 1 heterocycles. The lowest BCUT2D eigenvalue weighted by atomic mass is 9.97. The van der Waals surface area contributed by atoms with Crippen LogP contribution < -0.4 is 10.2 Å². The highest BCUT2D eigenvalue weighted by atomic mass is 16.6. The zero-order valence-electron chi connectivity index (χ0n) is 19.0. The summed E-state index contributed by atoms with van der Waals surface area (Å²) < 4.78 is 5.50. The Balaban J connectivity index is 1.68. The molecule has 2 aromatic rings. The van der Waals surface area contributed by atoms with E-state index in [-0.39, 0.29) is 12.5 Å². The molecule has 6 heteroatoms. The second-order valence-electron chi connectivity index (χ2n) is 8.19. The van der Waals surface area contributed by atoms with E-state index in [0.29, 0.717) is 13.0 Å². The van der Waals surface area contributed by atoms with Crippen molar-refractivity contribution < 1.29 is 14.3 Å². The molecule has 6 nitrogen and oxygen atoms in total. The van der Waals surface area contributed by atoms with Gasteiger partial charge in [0.1, 0.15) is 12.1 Å². The maximum Gasteiger partial charge on any atom is 0.410 e. The van der Waals surface area contributed by atoms with Crippen LogP contribution in [0.5, 0.6) is 0 Å². The van der Waals surface area contributed by atoms with Crippen LogP contribution in [-0.2, 0) is 16.1 Å². The van der Waals surface area contributed by atoms with Gasteiger partial charge in [0.15, 0.2) is 0 Å². The quantitative estimate of drug-likeness (QED) is 0.683. The predicted octanol–water partition coefficient (Wildman–Crippen LogP) is 4.97. The fraction of sp³-hybridized carbons (Fsp3) is 0.440. The molecular weight excluding hydrogens is 390 g/mol. The molecule has 2 amide bonds. The Morgan fingerprint density at radius 2 is 1.84 bits per heavy atom. The Bertz CT molecular complexity index is 911. The molecule has 1 saturated heterocycles. The van der Waals surface area contributed by atoms with Crippen molar-refractivity contribution in [3.05, 3.63) is 59.7 Å². The van der Waals surface area contributed by atoms with E-state index in [2.05, 4.69) is 30.1 Å². The van der Waals surface area contributed by atoms with Crippen molar-refractivity contribution in [3.63, 3.8) is 0 Å². The van der Waals surface area contributed by atoms with E-state index < -0.39 is 11.6 Å². The summed E-state index contributed by atoms with van der Waals surface area (Å²) in [5.41, 5.74) is 2.89. The Kier molecular flexibility index (Phi) is 7.21. The predicted molar refractivity (Wildman–Crippen MR) is 124 cm³/mol. The van der Waals surface area contributed by atoms with Gasteiger partial charge in [-0.25, -0.2) is 4.79 Å². The van der Waals surface area contributed by atoms with E-state index in [9.17, 15) is 9.59 Å². The van der Waals surface area contributed by atoms with Crippen molar-refractivity contribution in [1.82, 2.24) is 4.90 Å². The van der Waals surface area contributed by atoms with Gasteiger partial charge in [-0.1, -0.05) is 30.3 Å². The number of likely N-dealkylation sites (tertiary alicyclic amines) is 1. The third-order valence-electron chi connectivity index (χ3n) is 6.14. The van der Waals surface area contributed by atoms with Crippen LogP contribution in [0.4, 0.5) is 16.2 Å². The van der Waals surface area contributed by atoms with E-state index in [1.165, 1.54) is 0 Å². The lowest BCUT2D eigenvalue weighted by molar-refractivity contribution is -0.125. The molecule has 1 fully saturated rings. The number of ether oxygens (including phenoxy) is 1. The van der Waals surface area contributed by atoms with Gasteiger partial charge in [0.05, 0.1) is 0 Å². The molecule has 1 atom stereocenters. The molecule has 1 unspecified atom stereocenters. The molecule has 0 saturated carbocycles. The Morgan fingerprint density at radius 3 is 2.48 bits per heavy atom. The fourth-order valence-electron chi connectivity index (χ4n) is 4.12. The van der Waals surface area contributed by atoms with Gasteiger partial charge in [-0.3, -0.25) is 9.69 Å². The standard InChI is InChI=1S/C25H33N3O3/c1-5-27(6-2)21-13-14-22(19(3)17-21)26-23(29)25(4)15-10-16-28(25)24(30)31-18-20-11-8-7-9-12-20/h7-9,11-14,17H,5-6,10,15-16,18H2,1-4H3,(H,26,29). The summed E-state index contributed by atoms with van der Waals surface area (Å²) in [7, 11) is 0. The summed E-state index contributed by atoms with van der Waals surface area (Å²) in [5, 5.41) is 3.05. The molecule has 3 rings (SSSR count). The summed E-state index contributed by atoms with van der Waals surface area (Å²) in [5.74, 6) is -0.180. The minimum Gasteiger partial charge on any atom is -0.445 e. The third-order valence-corrected chi connectivity index (χ3v) is 6.14. The molecular formula is C25H33N3O3. The lowest BCUT2D eigenvalue weighted by Crippen LogP contribution is -2.53. The van der Waals surface area contributed by atoms with Gasteiger partial charge >= 0.3 is 6.09 Å². The van der Waals surface area contributed by atoms with Crippen LogP contribution in [0, 0.1) is 6.92 Å². The molecule has 1 N–H and O–H groups in total. The van der Waals surface area contributed by atoms with Crippen molar-refractivity contribution in [2.45, 2.75) is 52.7 Å². The van der Waals surface area contributed by atoms with Crippen LogP contribution in [0.2, 0.25) is 0 Å². The number of hydrogen-bond donors (Lipinski definition) is 1. The maximum atomic E-state index is 13.2. The zero-order valence-corrected chi connectivity index (χ0v) is 19.0. The number of amides is 2. The molecule has 0 radical (unpaired) electrons. The molecule has 0 aliphatic carbocycles. The topological polar surface area (TPSA) is 61.9 Å². The average molecular weight is 424 g/mol. The van der Waals surface area contributed by atoms with Gasteiger partial charge in [0.25, 0.3) is 0 Å². The summed E-state index contributed by atoms with van der Waals surface area (Å²) >= 11 is 0. The summed E-state index contributed by atoms with van der Waals surface area (Å²) in [4.78, 5) is 29.8. The number of hydrogen-bond acceptors (Lipinski definition) is 4. The average Bonchev–Trinajstić information content (AvgIpc) is 3.18. The number of carbonyl (C=O) groups excluding carboxylic acids is 2. The first kappa shape index (κ1) is 22.7. The van der Waals surface area contributed by atoms with Gasteiger partial charge in [-0.2, -0.15) is 0 Å². The molecule has 31 heavy (non-hydrogen) atoms. The van der Waals surface area contributed by atoms with Gasteiger partial charge in [0.2, 0.25) is 5.91 Å². The van der Waals surface area contributed by atoms with Crippen molar-refractivity contribution in [1.29, 1.82) is 0 Å². The second-order valence-corrected chi connectivity index (χ2v) is 8.19. The maximum absolute atomic E-state index is 13.2. The highest BCUT2D eigenvalue weighted by Gasteiger charge is 2.46. The van der Waals surface area contributed by atoms with Crippen LogP contribution in [0.3, 0.4) is 0 Å². The van der Waals surface area contributed by atoms with Gasteiger partial charge in [0, 0.05) is 31.0 Å². The lowest BCUT2D eigenvalue weighted by Gasteiger charge is -2.33. The number of aryl methyl sites for hydroxylation is 1. The summed E-state index contributed by atoms with van der Waals surface area (Å²) in [6, 6.07) is 15.6. The normalized spacial score (nSPS) is 18.0. The van der Waals surface area contributed by atoms with Crippen LogP contribution in [-0.4, -0.2) is 42.1 Å². The summed E-state index contributed by atoms with van der Waals surface area (Å²) in [6.07, 6.45) is 0.924. The van der Waals surface area contributed by atoms with Crippen molar-refractivity contribution in [2.24, 2.45) is 0 Å². The first-order valence-electron chi connectivity index (χ1n) is 11.0. The van der Waals surface area contributed by atoms with Crippen molar-refractivity contribution in [2.75, 3.05) is 29.9 Å². The molecule has 0 aromatic heterocycles. The zero-order chi connectivity index (χ0) is 22.4. The highest BCUT2D eigenvalue weighted by molar-refractivity contribution is 6.00. The second kappa shape index (κ2) is 9.86. The molecule has 1 aliphatic rings. The number of nitrogens with one attached hydrogen (secondary N) is 1. The molecule has 1 aliphatic heterocycles. The SMILES string of the molecule is CCN(CC)c1ccc(NC(=O)C2(C)CCCN2C(=O)OCc2ccccc2)c(C)c1. The minimum absolute atomic E-state index is 0.180. The van der Waals surface area contributed by atoms with E-state index in [1.54, 1.807) is 4.90 Å². The van der Waals surface area contributed by atoms with Crippen LogP contribution in [0.1, 0.15) is 44.7 Å². The monoisotopic (exact) mass is 423 g/mol. The van der Waals surface area contributed by atoms with Gasteiger partial charge in [-0.15, -0.1) is 0 Å². The Morgan fingerprint density at radius 1 is 1.13 bits per heavy atom. The molecule has 166 valence electrons. The van der Waals surface area contributed by atoms with Crippen molar-refractivity contribution >= 4 is 23.4 Å². The molecule has 0 bridgehead atoms. The fourth-order valence-corrected chi connectivity index (χ4v) is 4.12. The Labute approximate surface area is 185 Å². The third kappa shape index (κ3) is 5.01. The minimum atomic E-state index is -0.933. The van der Waals surface area contributed by atoms with Gasteiger partial charge < -0.3 is 15.0 Å². The Hall–Kier alpha value is -3.02.